The van der Waals surface area contributed by atoms with E-state index in [1.807, 2.05) is 41.3 Å². The average Bonchev–Trinajstić information content (AvgIpc) is 2.72. The van der Waals surface area contributed by atoms with E-state index < -0.39 is 12.1 Å². The van der Waals surface area contributed by atoms with Crippen molar-refractivity contribution in [1.29, 1.82) is 0 Å². The lowest BCUT2D eigenvalue weighted by Gasteiger charge is -2.30. The van der Waals surface area contributed by atoms with Crippen LogP contribution in [0.4, 0.5) is 0 Å². The summed E-state index contributed by atoms with van der Waals surface area (Å²) in [6.45, 7) is 2.79. The third-order valence-corrected chi connectivity index (χ3v) is 4.93. The highest BCUT2D eigenvalue weighted by Crippen LogP contribution is 2.21. The summed E-state index contributed by atoms with van der Waals surface area (Å²) in [4.78, 5) is 13.2. The first-order valence-electron chi connectivity index (χ1n) is 9.50. The molecule has 2 atom stereocenters. The molecule has 2 N–H and O–H groups in total. The largest absolute Gasteiger partial charge is 0.482 e. The van der Waals surface area contributed by atoms with Crippen molar-refractivity contribution in [1.82, 2.24) is 4.90 Å². The highest BCUT2D eigenvalue weighted by atomic mass is 35.5. The van der Waals surface area contributed by atoms with E-state index in [-0.39, 0.29) is 19.3 Å². The normalized spacial score (nSPS) is 13.2. The standard InChI is InChI=1S/C22H28ClNO5/c1-16(12-17-6-8-20(9-7-17)29-15-22(27)28-2)24(10-11-25)14-21(26)18-4-3-5-19(23)13-18/h3-9,13,16,21,25-26H,10-12,14-15H2,1-2H3. The fraction of sp³-hybridized carbons (Fsp3) is 0.409. The molecule has 0 amide bonds. The lowest BCUT2D eigenvalue weighted by atomic mass is 10.0. The van der Waals surface area contributed by atoms with Gasteiger partial charge in [-0.15, -0.1) is 0 Å². The molecule has 6 nitrogen and oxygen atoms in total. The molecule has 0 saturated heterocycles. The highest BCUT2D eigenvalue weighted by Gasteiger charge is 2.19. The summed E-state index contributed by atoms with van der Waals surface area (Å²) in [6, 6.07) is 14.8. The Morgan fingerprint density at radius 1 is 1.21 bits per heavy atom. The molecule has 0 spiro atoms. The zero-order valence-corrected chi connectivity index (χ0v) is 17.5. The van der Waals surface area contributed by atoms with E-state index in [1.165, 1.54) is 7.11 Å². The number of hydrogen-bond acceptors (Lipinski definition) is 6. The van der Waals surface area contributed by atoms with Crippen molar-refractivity contribution in [2.75, 3.05) is 33.4 Å². The van der Waals surface area contributed by atoms with Gasteiger partial charge in [0.25, 0.3) is 0 Å². The fourth-order valence-corrected chi connectivity index (χ4v) is 3.25. The van der Waals surface area contributed by atoms with Crippen molar-refractivity contribution in [3.05, 3.63) is 64.7 Å². The van der Waals surface area contributed by atoms with Crippen molar-refractivity contribution < 1.29 is 24.5 Å². The Kier molecular flexibility index (Phi) is 9.41. The number of carbonyl (C=O) groups is 1. The van der Waals surface area contributed by atoms with E-state index in [0.717, 1.165) is 17.5 Å². The topological polar surface area (TPSA) is 79.2 Å². The van der Waals surface area contributed by atoms with Crippen molar-refractivity contribution in [3.63, 3.8) is 0 Å². The van der Waals surface area contributed by atoms with Gasteiger partial charge in [-0.2, -0.15) is 0 Å². The number of nitrogens with zero attached hydrogens (tertiary/aromatic N) is 1. The predicted molar refractivity (Wildman–Crippen MR) is 112 cm³/mol. The molecule has 0 fully saturated rings. The van der Waals surface area contributed by atoms with Gasteiger partial charge in [-0.05, 0) is 48.7 Å². The lowest BCUT2D eigenvalue weighted by Crippen LogP contribution is -2.39. The van der Waals surface area contributed by atoms with Crippen LogP contribution in [0.1, 0.15) is 24.2 Å². The third kappa shape index (κ3) is 7.66. The first-order chi connectivity index (χ1) is 13.9. The van der Waals surface area contributed by atoms with Crippen LogP contribution in [0.3, 0.4) is 0 Å². The number of rotatable bonds is 11. The van der Waals surface area contributed by atoms with E-state index in [4.69, 9.17) is 16.3 Å². The molecule has 29 heavy (non-hydrogen) atoms. The first-order valence-corrected chi connectivity index (χ1v) is 9.87. The molecule has 0 bridgehead atoms. The Morgan fingerprint density at radius 3 is 2.55 bits per heavy atom. The van der Waals surface area contributed by atoms with Crippen LogP contribution in [0, 0.1) is 0 Å². The Balaban J connectivity index is 1.96. The van der Waals surface area contributed by atoms with Gasteiger partial charge < -0.3 is 19.7 Å². The average molecular weight is 422 g/mol. The Hall–Kier alpha value is -2.12. The summed E-state index contributed by atoms with van der Waals surface area (Å²) in [7, 11) is 1.32. The van der Waals surface area contributed by atoms with Gasteiger partial charge in [-0.3, -0.25) is 4.90 Å². The van der Waals surface area contributed by atoms with Crippen molar-refractivity contribution in [2.24, 2.45) is 0 Å². The third-order valence-electron chi connectivity index (χ3n) is 4.69. The SMILES string of the molecule is COC(=O)COc1ccc(CC(C)N(CCO)CC(O)c2cccc(Cl)c2)cc1. The molecule has 0 aliphatic heterocycles. The minimum atomic E-state index is -0.697. The number of esters is 1. The molecule has 2 rings (SSSR count). The number of halogens is 1. The quantitative estimate of drug-likeness (QED) is 0.543. The molecule has 2 unspecified atom stereocenters. The zero-order chi connectivity index (χ0) is 21.2. The van der Waals surface area contributed by atoms with Gasteiger partial charge in [0.05, 0.1) is 19.8 Å². The van der Waals surface area contributed by atoms with Crippen LogP contribution >= 0.6 is 11.6 Å². The summed E-state index contributed by atoms with van der Waals surface area (Å²) in [5.41, 5.74) is 1.84. The molecule has 0 saturated carbocycles. The monoisotopic (exact) mass is 421 g/mol. The first kappa shape index (κ1) is 23.2. The smallest absolute Gasteiger partial charge is 0.343 e. The summed E-state index contributed by atoms with van der Waals surface area (Å²) in [5.74, 6) is 0.163. The molecular formula is C22H28ClNO5. The van der Waals surface area contributed by atoms with Crippen LogP contribution in [0.2, 0.25) is 5.02 Å². The Labute approximate surface area is 176 Å². The van der Waals surface area contributed by atoms with Gasteiger partial charge in [0.1, 0.15) is 5.75 Å². The summed E-state index contributed by atoms with van der Waals surface area (Å²) < 4.78 is 9.90. The van der Waals surface area contributed by atoms with Crippen LogP contribution in [0.25, 0.3) is 0 Å². The molecule has 0 aromatic heterocycles. The molecule has 7 heteroatoms. The number of aliphatic hydroxyl groups excluding tert-OH is 2. The van der Waals surface area contributed by atoms with Gasteiger partial charge in [-0.25, -0.2) is 4.79 Å². The maximum absolute atomic E-state index is 11.1. The number of benzene rings is 2. The number of aliphatic hydroxyl groups is 2. The molecule has 0 radical (unpaired) electrons. The second kappa shape index (κ2) is 11.8. The van der Waals surface area contributed by atoms with Gasteiger partial charge >= 0.3 is 5.97 Å². The molecule has 2 aromatic rings. The Morgan fingerprint density at radius 2 is 1.93 bits per heavy atom. The summed E-state index contributed by atoms with van der Waals surface area (Å²) in [5, 5.41) is 20.6. The van der Waals surface area contributed by atoms with Crippen molar-refractivity contribution in [3.8, 4) is 5.75 Å². The van der Waals surface area contributed by atoms with Crippen LogP contribution < -0.4 is 4.74 Å². The van der Waals surface area contributed by atoms with Gasteiger partial charge in [0.2, 0.25) is 0 Å². The van der Waals surface area contributed by atoms with E-state index in [0.29, 0.717) is 23.9 Å². The van der Waals surface area contributed by atoms with Crippen LogP contribution in [0.15, 0.2) is 48.5 Å². The van der Waals surface area contributed by atoms with Gasteiger partial charge in [0, 0.05) is 24.2 Å². The summed E-state index contributed by atoms with van der Waals surface area (Å²) >= 11 is 6.02. The van der Waals surface area contributed by atoms with Crippen molar-refractivity contribution >= 4 is 17.6 Å². The minimum Gasteiger partial charge on any atom is -0.482 e. The maximum Gasteiger partial charge on any atom is 0.343 e. The number of methoxy groups -OCH3 is 1. The van der Waals surface area contributed by atoms with E-state index >= 15 is 0 Å². The Bertz CT molecular complexity index is 768. The predicted octanol–water partition coefficient (Wildman–Crippen LogP) is 2.85. The van der Waals surface area contributed by atoms with E-state index in [9.17, 15) is 15.0 Å². The van der Waals surface area contributed by atoms with Crippen LogP contribution in [0.5, 0.6) is 5.75 Å². The number of carbonyl (C=O) groups excluding carboxylic acids is 1. The molecular weight excluding hydrogens is 394 g/mol. The molecule has 0 heterocycles. The van der Waals surface area contributed by atoms with E-state index in [1.54, 1.807) is 12.1 Å². The van der Waals surface area contributed by atoms with Gasteiger partial charge in [0.15, 0.2) is 6.61 Å². The van der Waals surface area contributed by atoms with Crippen LogP contribution in [-0.2, 0) is 16.0 Å². The molecule has 0 aliphatic rings. The van der Waals surface area contributed by atoms with E-state index in [2.05, 4.69) is 11.7 Å². The second-order valence-electron chi connectivity index (χ2n) is 6.85. The lowest BCUT2D eigenvalue weighted by molar-refractivity contribution is -0.142. The highest BCUT2D eigenvalue weighted by molar-refractivity contribution is 6.30. The maximum atomic E-state index is 11.1. The molecule has 2 aromatic carbocycles. The summed E-state index contributed by atoms with van der Waals surface area (Å²) in [6.07, 6.45) is 0.0383. The van der Waals surface area contributed by atoms with Crippen molar-refractivity contribution in [2.45, 2.75) is 25.5 Å². The van der Waals surface area contributed by atoms with Crippen LogP contribution in [-0.4, -0.2) is 60.5 Å². The molecule has 158 valence electrons. The fourth-order valence-electron chi connectivity index (χ4n) is 3.05. The second-order valence-corrected chi connectivity index (χ2v) is 7.29. The molecule has 0 aliphatic carbocycles. The number of ether oxygens (including phenoxy) is 2. The van der Waals surface area contributed by atoms with Gasteiger partial charge in [-0.1, -0.05) is 35.9 Å². The minimum absolute atomic E-state index is 0.00686. The number of hydrogen-bond donors (Lipinski definition) is 2. The zero-order valence-electron chi connectivity index (χ0n) is 16.8.